The van der Waals surface area contributed by atoms with Crippen molar-refractivity contribution in [1.29, 1.82) is 0 Å². The summed E-state index contributed by atoms with van der Waals surface area (Å²) in [5.74, 6) is 1.22. The molecule has 0 saturated heterocycles. The first kappa shape index (κ1) is 9.09. The summed E-state index contributed by atoms with van der Waals surface area (Å²) in [6.45, 7) is 2.51. The molecule has 0 amide bonds. The van der Waals surface area contributed by atoms with E-state index in [0.717, 1.165) is 0 Å². The highest BCUT2D eigenvalue weighted by atomic mass is 28.2. The first-order valence-corrected chi connectivity index (χ1v) is 4.01. The van der Waals surface area contributed by atoms with Crippen LogP contribution in [0.15, 0.2) is 24.3 Å². The monoisotopic (exact) mass is 181 g/mol. The third-order valence-electron chi connectivity index (χ3n) is 1.28. The van der Waals surface area contributed by atoms with Crippen LogP contribution in [-0.2, 0) is 4.58 Å². The molecule has 0 fully saturated rings. The maximum Gasteiger partial charge on any atom is 0.321 e. The van der Waals surface area contributed by atoms with Crippen LogP contribution in [0.3, 0.4) is 0 Å². The van der Waals surface area contributed by atoms with Crippen LogP contribution < -0.4 is 9.62 Å². The van der Waals surface area contributed by atoms with Gasteiger partial charge in [-0.2, -0.15) is 0 Å². The van der Waals surface area contributed by atoms with Crippen molar-refractivity contribution >= 4 is 10.5 Å². The molecular weight excluding hydrogens is 172 g/mol. The predicted molar refractivity (Wildman–Crippen MR) is 45.1 cm³/mol. The molecule has 0 aliphatic heterocycles. The van der Waals surface area contributed by atoms with Gasteiger partial charge in [0.15, 0.2) is 5.75 Å². The zero-order valence-corrected chi connectivity index (χ0v) is 7.74. The molecule has 3 radical (unpaired) electrons. The topological polar surface area (TPSA) is 27.7 Å². The normalized spacial score (nSPS) is 9.50. The van der Waals surface area contributed by atoms with Gasteiger partial charge in [-0.25, -0.2) is 4.58 Å². The molecule has 0 heterocycles. The summed E-state index contributed by atoms with van der Waals surface area (Å²) >= 11 is 0. The van der Waals surface area contributed by atoms with Crippen LogP contribution >= 0.6 is 0 Å². The Kier molecular flexibility index (Phi) is 3.63. The van der Waals surface area contributed by atoms with Gasteiger partial charge in [0.1, 0.15) is 0 Å². The van der Waals surface area contributed by atoms with Gasteiger partial charge in [-0.3, -0.25) is 0 Å². The van der Waals surface area contributed by atoms with Crippen molar-refractivity contribution in [1.82, 2.24) is 0 Å². The molecule has 0 aliphatic carbocycles. The molecule has 63 valence electrons. The fourth-order valence-corrected chi connectivity index (χ4v) is 0.928. The first-order chi connectivity index (χ1) is 5.88. The molecule has 0 aliphatic rings. The lowest BCUT2D eigenvalue weighted by molar-refractivity contribution is -0.0951. The van der Waals surface area contributed by atoms with Gasteiger partial charge in [-0.05, 0) is 19.1 Å². The van der Waals surface area contributed by atoms with Crippen molar-refractivity contribution in [3.8, 4) is 11.5 Å². The smallest absolute Gasteiger partial charge is 0.321 e. The van der Waals surface area contributed by atoms with Crippen LogP contribution in [-0.4, -0.2) is 17.1 Å². The van der Waals surface area contributed by atoms with Gasteiger partial charge in [-0.1, -0.05) is 12.1 Å². The Hall–Kier alpha value is -1.00. The second-order valence-corrected chi connectivity index (χ2v) is 2.21. The number of hydrogen-bond donors (Lipinski definition) is 0. The molecule has 0 atom stereocenters. The molecule has 1 aromatic rings. The molecular formula is C8H9O3Si. The summed E-state index contributed by atoms with van der Waals surface area (Å²) in [4.78, 5) is 4.78. The maximum atomic E-state index is 5.26. The summed E-state index contributed by atoms with van der Waals surface area (Å²) in [7, 11) is 2.74. The van der Waals surface area contributed by atoms with E-state index >= 15 is 0 Å². The van der Waals surface area contributed by atoms with Crippen molar-refractivity contribution in [2.45, 2.75) is 6.92 Å². The Labute approximate surface area is 74.7 Å². The van der Waals surface area contributed by atoms with Crippen LogP contribution in [0.2, 0.25) is 0 Å². The number of hydrogen-bond acceptors (Lipinski definition) is 3. The second-order valence-electron chi connectivity index (χ2n) is 2.05. The lowest BCUT2D eigenvalue weighted by Crippen LogP contribution is -1.97. The average molecular weight is 181 g/mol. The highest BCUT2D eigenvalue weighted by molar-refractivity contribution is 5.97. The summed E-state index contributed by atoms with van der Waals surface area (Å²) in [5.41, 5.74) is 0. The van der Waals surface area contributed by atoms with Crippen LogP contribution in [0.1, 0.15) is 6.92 Å². The SMILES string of the molecule is CCOc1ccccc1OO[Si]. The van der Waals surface area contributed by atoms with Gasteiger partial charge in [0.2, 0.25) is 5.75 Å². The molecule has 1 rings (SSSR count). The average Bonchev–Trinajstić information content (AvgIpc) is 2.09. The predicted octanol–water partition coefficient (Wildman–Crippen LogP) is 1.48. The van der Waals surface area contributed by atoms with Gasteiger partial charge < -0.3 is 9.62 Å². The number of para-hydroxylation sites is 2. The van der Waals surface area contributed by atoms with Gasteiger partial charge >= 0.3 is 10.5 Å². The van der Waals surface area contributed by atoms with E-state index in [-0.39, 0.29) is 0 Å². The van der Waals surface area contributed by atoms with E-state index in [2.05, 4.69) is 15.1 Å². The third-order valence-corrected chi connectivity index (χ3v) is 1.36. The van der Waals surface area contributed by atoms with Crippen molar-refractivity contribution in [2.75, 3.05) is 6.61 Å². The van der Waals surface area contributed by atoms with E-state index in [1.807, 2.05) is 25.1 Å². The molecule has 0 spiro atoms. The highest BCUT2D eigenvalue weighted by Gasteiger charge is 2.02. The van der Waals surface area contributed by atoms with Gasteiger partial charge in [0.25, 0.3) is 0 Å². The minimum atomic E-state index is 0.550. The fourth-order valence-electron chi connectivity index (χ4n) is 0.839. The van der Waals surface area contributed by atoms with Crippen molar-refractivity contribution in [3.05, 3.63) is 24.3 Å². The van der Waals surface area contributed by atoms with E-state index in [1.54, 1.807) is 6.07 Å². The van der Waals surface area contributed by atoms with Gasteiger partial charge in [0.05, 0.1) is 6.61 Å². The molecule has 0 unspecified atom stereocenters. The van der Waals surface area contributed by atoms with Crippen molar-refractivity contribution in [3.63, 3.8) is 0 Å². The Balaban J connectivity index is 2.77. The molecule has 0 saturated carbocycles. The Morgan fingerprint density at radius 2 is 1.92 bits per heavy atom. The van der Waals surface area contributed by atoms with Crippen LogP contribution in [0.25, 0.3) is 0 Å². The van der Waals surface area contributed by atoms with E-state index in [0.29, 0.717) is 18.1 Å². The third kappa shape index (κ3) is 2.25. The Morgan fingerprint density at radius 1 is 1.25 bits per heavy atom. The lowest BCUT2D eigenvalue weighted by Gasteiger charge is -2.07. The van der Waals surface area contributed by atoms with Gasteiger partial charge in [-0.15, -0.1) is 0 Å². The van der Waals surface area contributed by atoms with Crippen LogP contribution in [0.5, 0.6) is 11.5 Å². The summed E-state index contributed by atoms with van der Waals surface area (Å²) in [6, 6.07) is 7.27. The molecule has 4 heteroatoms. The maximum absolute atomic E-state index is 5.26. The van der Waals surface area contributed by atoms with Crippen molar-refractivity contribution in [2.24, 2.45) is 0 Å². The molecule has 3 nitrogen and oxygen atoms in total. The molecule has 12 heavy (non-hydrogen) atoms. The first-order valence-electron chi connectivity index (χ1n) is 3.60. The quantitative estimate of drug-likeness (QED) is 0.400. The standard InChI is InChI=1S/C8H9O3Si/c1-2-9-7-5-3-4-6-8(7)10-11-12/h3-6H,2H2,1H3. The van der Waals surface area contributed by atoms with E-state index in [1.165, 1.54) is 0 Å². The van der Waals surface area contributed by atoms with E-state index in [4.69, 9.17) is 9.62 Å². The lowest BCUT2D eigenvalue weighted by atomic mass is 10.3. The minimum Gasteiger partial charge on any atom is -0.490 e. The summed E-state index contributed by atoms with van der Waals surface area (Å²) in [6.07, 6.45) is 0. The number of rotatable bonds is 4. The fraction of sp³-hybridized carbons (Fsp3) is 0.250. The molecule has 0 aromatic heterocycles. The van der Waals surface area contributed by atoms with E-state index in [9.17, 15) is 0 Å². The van der Waals surface area contributed by atoms with Crippen LogP contribution in [0.4, 0.5) is 0 Å². The minimum absolute atomic E-state index is 0.550. The summed E-state index contributed by atoms with van der Waals surface area (Å²) in [5, 5.41) is 0. The second kappa shape index (κ2) is 4.79. The van der Waals surface area contributed by atoms with Gasteiger partial charge in [0, 0.05) is 0 Å². The Bertz CT molecular complexity index is 214. The van der Waals surface area contributed by atoms with E-state index < -0.39 is 0 Å². The largest absolute Gasteiger partial charge is 0.490 e. The van der Waals surface area contributed by atoms with Crippen LogP contribution in [0, 0.1) is 0 Å². The Morgan fingerprint density at radius 3 is 2.50 bits per heavy atom. The molecule has 1 aromatic carbocycles. The zero-order chi connectivity index (χ0) is 8.81. The number of benzene rings is 1. The molecule has 0 bridgehead atoms. The highest BCUT2D eigenvalue weighted by Crippen LogP contribution is 2.25. The summed E-state index contributed by atoms with van der Waals surface area (Å²) < 4.78 is 9.60. The number of ether oxygens (including phenoxy) is 1. The van der Waals surface area contributed by atoms with Crippen molar-refractivity contribution < 1.29 is 14.2 Å². The molecule has 0 N–H and O–H groups in total. The zero-order valence-electron chi connectivity index (χ0n) is 6.74.